The van der Waals surface area contributed by atoms with Gasteiger partial charge in [0.05, 0.1) is 11.8 Å². The van der Waals surface area contributed by atoms with Gasteiger partial charge in [0, 0.05) is 32.0 Å². The minimum atomic E-state index is 1.02. The van der Waals surface area contributed by atoms with Gasteiger partial charge in [0.2, 0.25) is 0 Å². The van der Waals surface area contributed by atoms with E-state index < -0.39 is 0 Å². The first-order valence-electron chi connectivity index (χ1n) is 6.78. The zero-order valence-electron chi connectivity index (χ0n) is 10.6. The predicted molar refractivity (Wildman–Crippen MR) is 69.1 cm³/mol. The molecule has 3 heteroatoms. The lowest BCUT2D eigenvalue weighted by Gasteiger charge is -2.16. The van der Waals surface area contributed by atoms with Crippen LogP contribution in [-0.4, -0.2) is 26.2 Å². The summed E-state index contributed by atoms with van der Waals surface area (Å²) in [5, 5.41) is 0. The van der Waals surface area contributed by atoms with Crippen LogP contribution in [0.25, 0.3) is 0 Å². The maximum absolute atomic E-state index is 5.86. The zero-order chi connectivity index (χ0) is 11.7. The van der Waals surface area contributed by atoms with Gasteiger partial charge in [-0.25, -0.2) is 0 Å². The van der Waals surface area contributed by atoms with Crippen LogP contribution in [0.15, 0.2) is 16.5 Å². The van der Waals surface area contributed by atoms with Crippen molar-refractivity contribution in [2.45, 2.75) is 32.6 Å². The number of anilines is 1. The molecule has 3 rings (SSSR count). The van der Waals surface area contributed by atoms with Crippen LogP contribution in [0.4, 0.5) is 5.69 Å². The second-order valence-electron chi connectivity index (χ2n) is 5.15. The van der Waals surface area contributed by atoms with E-state index in [-0.39, 0.29) is 0 Å². The minimum Gasteiger partial charge on any atom is -0.410 e. The molecule has 1 aromatic heterocycles. The molecular formula is C14H21N2O+. The Morgan fingerprint density at radius 3 is 2.47 bits per heavy atom. The monoisotopic (exact) mass is 233 g/mol. The first-order valence-corrected chi connectivity index (χ1v) is 6.78. The van der Waals surface area contributed by atoms with Crippen LogP contribution in [0.2, 0.25) is 0 Å². The fourth-order valence-corrected chi connectivity index (χ4v) is 2.85. The smallest absolute Gasteiger partial charge is 0.369 e. The fraction of sp³-hybridized carbons (Fsp3) is 0.643. The summed E-state index contributed by atoms with van der Waals surface area (Å²) in [5.74, 6) is 1.02. The summed E-state index contributed by atoms with van der Waals surface area (Å²) in [4.78, 5) is 2.47. The van der Waals surface area contributed by atoms with E-state index in [1.165, 1.54) is 44.5 Å². The van der Waals surface area contributed by atoms with E-state index in [0.717, 1.165) is 24.4 Å². The molecule has 0 radical (unpaired) electrons. The third kappa shape index (κ3) is 2.24. The molecule has 2 aliphatic heterocycles. The molecular weight excluding hydrogens is 212 g/mol. The van der Waals surface area contributed by atoms with Crippen molar-refractivity contribution in [3.8, 4) is 0 Å². The number of hydrogen-bond donors (Lipinski definition) is 0. The van der Waals surface area contributed by atoms with Gasteiger partial charge >= 0.3 is 5.55 Å². The van der Waals surface area contributed by atoms with Crippen molar-refractivity contribution in [2.75, 3.05) is 31.1 Å². The van der Waals surface area contributed by atoms with Gasteiger partial charge in [-0.2, -0.15) is 4.58 Å². The van der Waals surface area contributed by atoms with Gasteiger partial charge in [-0.1, -0.05) is 0 Å². The van der Waals surface area contributed by atoms with Gasteiger partial charge in [-0.05, 0) is 19.8 Å². The maximum atomic E-state index is 5.86. The quantitative estimate of drug-likeness (QED) is 0.688. The number of hydrogen-bond acceptors (Lipinski definition) is 2. The molecule has 0 spiro atoms. The lowest BCUT2D eigenvalue weighted by atomic mass is 10.3. The van der Waals surface area contributed by atoms with E-state index in [9.17, 15) is 0 Å². The van der Waals surface area contributed by atoms with Gasteiger partial charge in [-0.15, -0.1) is 0 Å². The Kier molecular flexibility index (Phi) is 2.91. The average molecular weight is 233 g/mol. The summed E-state index contributed by atoms with van der Waals surface area (Å²) in [7, 11) is 0. The van der Waals surface area contributed by atoms with Crippen molar-refractivity contribution in [1.29, 1.82) is 0 Å². The standard InChI is InChI=1S/C14H21N2O/c1-12-10-13(15-6-2-3-7-15)11-14(17-12)16-8-4-5-9-16/h10-11H,2-9H2,1H3/q+1. The van der Waals surface area contributed by atoms with Crippen LogP contribution < -0.4 is 15.0 Å². The highest BCUT2D eigenvalue weighted by atomic mass is 16.3. The second kappa shape index (κ2) is 4.55. The molecule has 0 aliphatic carbocycles. The zero-order valence-corrected chi connectivity index (χ0v) is 10.6. The molecule has 0 saturated carbocycles. The van der Waals surface area contributed by atoms with Crippen LogP contribution in [0.5, 0.6) is 0 Å². The summed E-state index contributed by atoms with van der Waals surface area (Å²) >= 11 is 0. The van der Waals surface area contributed by atoms with Crippen molar-refractivity contribution in [2.24, 2.45) is 0 Å². The number of aryl methyl sites for hydroxylation is 1. The third-order valence-electron chi connectivity index (χ3n) is 3.78. The highest BCUT2D eigenvalue weighted by Crippen LogP contribution is 2.19. The van der Waals surface area contributed by atoms with Crippen LogP contribution in [-0.2, 0) is 0 Å². The first kappa shape index (κ1) is 10.9. The molecule has 2 aliphatic rings. The third-order valence-corrected chi connectivity index (χ3v) is 3.78. The topological polar surface area (TPSA) is 19.4 Å². The van der Waals surface area contributed by atoms with E-state index in [0.29, 0.717) is 0 Å². The van der Waals surface area contributed by atoms with Crippen molar-refractivity contribution in [1.82, 2.24) is 4.58 Å². The molecule has 3 heterocycles. The highest BCUT2D eigenvalue weighted by molar-refractivity contribution is 5.46. The van der Waals surface area contributed by atoms with Gasteiger partial charge in [0.15, 0.2) is 0 Å². The summed E-state index contributed by atoms with van der Waals surface area (Å²) in [6.07, 6.45) is 5.24. The van der Waals surface area contributed by atoms with Crippen molar-refractivity contribution < 1.29 is 4.42 Å². The molecule has 0 amide bonds. The molecule has 17 heavy (non-hydrogen) atoms. The minimum absolute atomic E-state index is 1.02. The van der Waals surface area contributed by atoms with Crippen molar-refractivity contribution in [3.63, 3.8) is 0 Å². The van der Waals surface area contributed by atoms with E-state index >= 15 is 0 Å². The molecule has 0 aromatic carbocycles. The van der Waals surface area contributed by atoms with Gasteiger partial charge in [-0.3, -0.25) is 0 Å². The predicted octanol–water partition coefficient (Wildman–Crippen LogP) is 1.75. The Hall–Kier alpha value is -1.25. The van der Waals surface area contributed by atoms with Gasteiger partial charge < -0.3 is 9.32 Å². The molecule has 2 saturated heterocycles. The van der Waals surface area contributed by atoms with Crippen LogP contribution in [0.1, 0.15) is 31.4 Å². The van der Waals surface area contributed by atoms with E-state index in [1.54, 1.807) is 0 Å². The lowest BCUT2D eigenvalue weighted by Crippen LogP contribution is -2.28. The van der Waals surface area contributed by atoms with Gasteiger partial charge in [0.25, 0.3) is 0 Å². The number of rotatable bonds is 1. The molecule has 2 fully saturated rings. The Morgan fingerprint density at radius 2 is 1.76 bits per heavy atom. The van der Waals surface area contributed by atoms with E-state index in [2.05, 4.69) is 28.5 Å². The Labute approximate surface area is 102 Å². The molecule has 0 N–H and O–H groups in total. The Bertz CT molecular complexity index is 461. The average Bonchev–Trinajstić information content (AvgIpc) is 3.02. The van der Waals surface area contributed by atoms with Crippen molar-refractivity contribution in [3.05, 3.63) is 23.4 Å². The largest absolute Gasteiger partial charge is 0.410 e. The summed E-state index contributed by atoms with van der Waals surface area (Å²) < 4.78 is 8.23. The van der Waals surface area contributed by atoms with E-state index in [4.69, 9.17) is 4.42 Å². The molecule has 0 bridgehead atoms. The number of nitrogens with zero attached hydrogens (tertiary/aromatic N) is 2. The molecule has 3 nitrogen and oxygen atoms in total. The molecule has 1 aromatic rings. The van der Waals surface area contributed by atoms with Crippen LogP contribution in [0.3, 0.4) is 0 Å². The van der Waals surface area contributed by atoms with Crippen LogP contribution >= 0.6 is 0 Å². The fourth-order valence-electron chi connectivity index (χ4n) is 2.85. The SMILES string of the molecule is Cc1cc(N2CCCC2)cc(=[N+]2CCCC2)o1. The molecule has 0 atom stereocenters. The maximum Gasteiger partial charge on any atom is 0.369 e. The van der Waals surface area contributed by atoms with Gasteiger partial charge in [0.1, 0.15) is 18.8 Å². The second-order valence-corrected chi connectivity index (χ2v) is 5.15. The molecule has 0 unspecified atom stereocenters. The Balaban J connectivity index is 2.02. The normalized spacial score (nSPS) is 20.3. The lowest BCUT2D eigenvalue weighted by molar-refractivity contribution is 0.417. The van der Waals surface area contributed by atoms with Crippen molar-refractivity contribution >= 4 is 5.69 Å². The molecule has 92 valence electrons. The van der Waals surface area contributed by atoms with E-state index in [1.807, 2.05) is 0 Å². The highest BCUT2D eigenvalue weighted by Gasteiger charge is 2.18. The Morgan fingerprint density at radius 1 is 1.06 bits per heavy atom. The summed E-state index contributed by atoms with van der Waals surface area (Å²) in [6.45, 7) is 6.74. The van der Waals surface area contributed by atoms with Crippen LogP contribution in [0, 0.1) is 6.92 Å². The summed E-state index contributed by atoms with van der Waals surface area (Å²) in [5.41, 5.74) is 2.40. The summed E-state index contributed by atoms with van der Waals surface area (Å²) in [6, 6.07) is 4.40. The first-order chi connectivity index (χ1) is 8.33.